The number of hydrogen-bond donors (Lipinski definition) is 3. The van der Waals surface area contributed by atoms with Crippen LogP contribution in [0.5, 0.6) is 11.5 Å². The highest BCUT2D eigenvalue weighted by Crippen LogP contribution is 2.50. The molecule has 3 aromatic heterocycles. The minimum Gasteiger partial charge on any atom is -0.494 e. The van der Waals surface area contributed by atoms with E-state index < -0.39 is 28.6 Å². The van der Waals surface area contributed by atoms with Gasteiger partial charge in [0.25, 0.3) is 5.91 Å². The second-order valence-electron chi connectivity index (χ2n) is 12.0. The van der Waals surface area contributed by atoms with Gasteiger partial charge in [0.15, 0.2) is 5.82 Å². The lowest BCUT2D eigenvalue weighted by Crippen LogP contribution is -2.44. The van der Waals surface area contributed by atoms with Gasteiger partial charge in [0.1, 0.15) is 45.5 Å². The number of fused-ring (bicyclic) bond motifs is 2. The Kier molecular flexibility index (Phi) is 6.56. The quantitative estimate of drug-likeness (QED) is 0.239. The number of nitrogens with zero attached hydrogens (tertiary/aromatic N) is 4. The maximum atomic E-state index is 15.1. The summed E-state index contributed by atoms with van der Waals surface area (Å²) < 4.78 is 28.4. The number of pyridine rings is 2. The van der Waals surface area contributed by atoms with Crippen LogP contribution in [0.2, 0.25) is 5.15 Å². The highest BCUT2D eigenvalue weighted by Gasteiger charge is 2.50. The lowest BCUT2D eigenvalue weighted by molar-refractivity contribution is -0.123. The van der Waals surface area contributed by atoms with Gasteiger partial charge in [-0.2, -0.15) is 5.10 Å². The van der Waals surface area contributed by atoms with Crippen LogP contribution in [0.1, 0.15) is 60.3 Å². The molecule has 1 aliphatic heterocycles. The molecule has 228 valence electrons. The molecule has 11 nitrogen and oxygen atoms in total. The number of carbonyl (C=O) groups is 2. The number of amides is 2. The van der Waals surface area contributed by atoms with Crippen molar-refractivity contribution in [2.45, 2.75) is 49.7 Å². The average molecular weight is 621 g/mol. The summed E-state index contributed by atoms with van der Waals surface area (Å²) in [6, 6.07) is 6.60. The van der Waals surface area contributed by atoms with Crippen LogP contribution in [-0.4, -0.2) is 56.9 Å². The predicted molar refractivity (Wildman–Crippen MR) is 158 cm³/mol. The van der Waals surface area contributed by atoms with Crippen molar-refractivity contribution < 1.29 is 28.6 Å². The second-order valence-corrected chi connectivity index (χ2v) is 12.4. The Morgan fingerprint density at radius 1 is 1.27 bits per heavy atom. The van der Waals surface area contributed by atoms with E-state index in [9.17, 15) is 14.7 Å². The number of ether oxygens (including phenoxy) is 2. The molecular formula is C31H30ClFN6O5. The summed E-state index contributed by atoms with van der Waals surface area (Å²) in [7, 11) is 1.53. The number of halogens is 2. The topological polar surface area (TPSA) is 154 Å². The molecule has 4 N–H and O–H groups in total. The van der Waals surface area contributed by atoms with E-state index in [1.165, 1.54) is 13.2 Å². The third-order valence-electron chi connectivity index (χ3n) is 8.90. The zero-order valence-electron chi connectivity index (χ0n) is 24.1. The van der Waals surface area contributed by atoms with Crippen molar-refractivity contribution in [3.8, 4) is 22.8 Å². The number of methoxy groups -OCH3 is 1. The standard InChI is InChI=1S/C31H30ClFN6O5/c1-30(29(34)41)14-44-27-20(30)10-23(37-26(27)19-9-24(32)35-11-21(19)33)31(42,17-3-4-17)13-36-28(40)15-7-16-12-39(18-5-6-18)38-25(16)22(8-15)43-2/h7-12,17-18,42H,3-6,13-14H2,1-2H3,(H2,34,41)(H,36,40)/t30-,31+/m0/s1. The van der Waals surface area contributed by atoms with E-state index in [2.05, 4.69) is 20.4 Å². The molecule has 2 atom stereocenters. The smallest absolute Gasteiger partial charge is 0.251 e. The first-order valence-corrected chi connectivity index (χ1v) is 14.8. The molecule has 4 heterocycles. The summed E-state index contributed by atoms with van der Waals surface area (Å²) in [5.41, 5.74) is 4.44. The second kappa shape index (κ2) is 10.1. The predicted octanol–water partition coefficient (Wildman–Crippen LogP) is 3.79. The number of hydrogen-bond acceptors (Lipinski definition) is 8. The Bertz CT molecular complexity index is 1860. The van der Waals surface area contributed by atoms with E-state index >= 15 is 4.39 Å². The summed E-state index contributed by atoms with van der Waals surface area (Å²) in [6.07, 6.45) is 6.36. The van der Waals surface area contributed by atoms with Crippen molar-refractivity contribution in [2.24, 2.45) is 11.7 Å². The van der Waals surface area contributed by atoms with E-state index in [1.54, 1.807) is 25.1 Å². The molecule has 2 aliphatic carbocycles. The highest BCUT2D eigenvalue weighted by atomic mass is 35.5. The SMILES string of the molecule is COc1cc(C(=O)NC[C@](O)(c2cc3c(c(-c4cc(Cl)ncc4F)n2)OC[C@]3(C)C(N)=O)C2CC2)cc2cn(C3CC3)nc12. The summed E-state index contributed by atoms with van der Waals surface area (Å²) >= 11 is 6.10. The summed E-state index contributed by atoms with van der Waals surface area (Å²) in [5, 5.41) is 20.5. The minimum absolute atomic E-state index is 0.00820. The Labute approximate surface area is 256 Å². The zero-order chi connectivity index (χ0) is 31.0. The Morgan fingerprint density at radius 2 is 2.05 bits per heavy atom. The van der Waals surface area contributed by atoms with E-state index in [0.29, 0.717) is 41.3 Å². The molecule has 2 fully saturated rings. The fraction of sp³-hybridized carbons (Fsp3) is 0.387. The fourth-order valence-electron chi connectivity index (χ4n) is 5.84. The maximum Gasteiger partial charge on any atom is 0.251 e. The van der Waals surface area contributed by atoms with E-state index in [1.807, 2.05) is 10.9 Å². The number of aliphatic hydroxyl groups is 1. The molecule has 0 unspecified atom stereocenters. The van der Waals surface area contributed by atoms with Crippen LogP contribution >= 0.6 is 11.6 Å². The first-order valence-electron chi connectivity index (χ1n) is 14.4. The van der Waals surface area contributed by atoms with E-state index in [4.69, 9.17) is 26.8 Å². The summed E-state index contributed by atoms with van der Waals surface area (Å²) in [6.45, 7) is 1.34. The minimum atomic E-state index is -1.65. The molecule has 4 aromatic rings. The lowest BCUT2D eigenvalue weighted by atomic mass is 9.81. The van der Waals surface area contributed by atoms with Crippen LogP contribution in [0.4, 0.5) is 4.39 Å². The Hall–Kier alpha value is -4.29. The van der Waals surface area contributed by atoms with Gasteiger partial charge in [-0.15, -0.1) is 0 Å². The highest BCUT2D eigenvalue weighted by molar-refractivity contribution is 6.29. The third kappa shape index (κ3) is 4.63. The van der Waals surface area contributed by atoms with Gasteiger partial charge in [0.2, 0.25) is 5.91 Å². The van der Waals surface area contributed by atoms with Crippen LogP contribution in [0.25, 0.3) is 22.2 Å². The fourth-order valence-corrected chi connectivity index (χ4v) is 6.00. The van der Waals surface area contributed by atoms with Gasteiger partial charge in [0, 0.05) is 28.3 Å². The number of benzene rings is 1. The number of nitrogens with one attached hydrogen (secondary N) is 1. The summed E-state index contributed by atoms with van der Waals surface area (Å²) in [4.78, 5) is 34.6. The number of carbonyl (C=O) groups excluding carboxylic acids is 2. The molecule has 3 aliphatic rings. The summed E-state index contributed by atoms with van der Waals surface area (Å²) in [5.74, 6) is -1.39. The van der Waals surface area contributed by atoms with Crippen molar-refractivity contribution in [1.29, 1.82) is 0 Å². The molecular weight excluding hydrogens is 591 g/mol. The van der Waals surface area contributed by atoms with E-state index in [-0.39, 0.29) is 46.9 Å². The third-order valence-corrected chi connectivity index (χ3v) is 9.11. The van der Waals surface area contributed by atoms with Gasteiger partial charge in [-0.1, -0.05) is 11.6 Å². The van der Waals surface area contributed by atoms with Crippen LogP contribution in [-0.2, 0) is 15.8 Å². The van der Waals surface area contributed by atoms with Crippen molar-refractivity contribution in [1.82, 2.24) is 25.1 Å². The molecule has 7 rings (SSSR count). The van der Waals surface area contributed by atoms with Crippen LogP contribution in [0, 0.1) is 11.7 Å². The Morgan fingerprint density at radius 3 is 2.73 bits per heavy atom. The zero-order valence-corrected chi connectivity index (χ0v) is 24.8. The molecule has 0 saturated heterocycles. The molecule has 2 saturated carbocycles. The van der Waals surface area contributed by atoms with Crippen LogP contribution < -0.4 is 20.5 Å². The molecule has 13 heteroatoms. The number of primary amides is 1. The van der Waals surface area contributed by atoms with Crippen molar-refractivity contribution >= 4 is 34.3 Å². The van der Waals surface area contributed by atoms with Gasteiger partial charge in [0.05, 0.1) is 31.6 Å². The average Bonchev–Trinajstić information content (AvgIpc) is 3.95. The molecule has 1 aromatic carbocycles. The lowest BCUT2D eigenvalue weighted by Gasteiger charge is -2.30. The van der Waals surface area contributed by atoms with Gasteiger partial charge in [-0.25, -0.2) is 14.4 Å². The van der Waals surface area contributed by atoms with Crippen molar-refractivity contribution in [2.75, 3.05) is 20.3 Å². The van der Waals surface area contributed by atoms with Gasteiger partial charge in [-0.05, 0) is 62.8 Å². The van der Waals surface area contributed by atoms with Gasteiger partial charge in [-0.3, -0.25) is 14.3 Å². The van der Waals surface area contributed by atoms with Crippen molar-refractivity contribution in [3.05, 3.63) is 64.5 Å². The monoisotopic (exact) mass is 620 g/mol. The first-order chi connectivity index (χ1) is 21.0. The van der Waals surface area contributed by atoms with E-state index in [0.717, 1.165) is 24.4 Å². The maximum absolute atomic E-state index is 15.1. The largest absolute Gasteiger partial charge is 0.494 e. The number of rotatable bonds is 9. The molecule has 0 bridgehead atoms. The van der Waals surface area contributed by atoms with Gasteiger partial charge >= 0.3 is 0 Å². The van der Waals surface area contributed by atoms with Crippen molar-refractivity contribution in [3.63, 3.8) is 0 Å². The molecule has 0 spiro atoms. The molecule has 44 heavy (non-hydrogen) atoms. The number of aromatic nitrogens is 4. The number of nitrogens with two attached hydrogens (primary N) is 1. The van der Waals surface area contributed by atoms with Crippen LogP contribution in [0.3, 0.4) is 0 Å². The molecule has 0 radical (unpaired) electrons. The normalized spacial score (nSPS) is 20.6. The van der Waals surface area contributed by atoms with Gasteiger partial charge < -0.3 is 25.6 Å². The first kappa shape index (κ1) is 28.5. The molecule has 2 amide bonds. The Balaban J connectivity index is 1.27. The van der Waals surface area contributed by atoms with Crippen LogP contribution in [0.15, 0.2) is 36.7 Å².